The molecule has 0 unspecified atom stereocenters. The second-order valence-corrected chi connectivity index (χ2v) is 4.73. The van der Waals surface area contributed by atoms with Gasteiger partial charge in [0, 0.05) is 19.3 Å². The van der Waals surface area contributed by atoms with Gasteiger partial charge >= 0.3 is 0 Å². The molecular weight excluding hydrogens is 252 g/mol. The molecular formula is C12H15ClN4O. The normalized spacial score (nSPS) is 10.9. The molecule has 96 valence electrons. The molecule has 2 heterocycles. The molecule has 2 aromatic rings. The molecule has 0 spiro atoms. The molecule has 2 rings (SSSR count). The summed E-state index contributed by atoms with van der Waals surface area (Å²) in [6.45, 7) is 4.00. The van der Waals surface area contributed by atoms with Crippen LogP contribution in [0.5, 0.6) is 0 Å². The maximum Gasteiger partial charge on any atom is 0.251 e. The van der Waals surface area contributed by atoms with E-state index in [2.05, 4.69) is 5.10 Å². The first-order valence-corrected chi connectivity index (χ1v) is 5.92. The number of pyridine rings is 1. The average molecular weight is 267 g/mol. The second-order valence-electron chi connectivity index (χ2n) is 4.35. The van der Waals surface area contributed by atoms with E-state index in [1.165, 1.54) is 10.6 Å². The molecule has 0 aliphatic carbocycles. The summed E-state index contributed by atoms with van der Waals surface area (Å²) in [7, 11) is 1.80. The minimum atomic E-state index is -0.100. The summed E-state index contributed by atoms with van der Waals surface area (Å²) in [5.74, 6) is 0. The molecule has 5 nitrogen and oxygen atoms in total. The number of nitrogens with zero attached hydrogens (tertiary/aromatic N) is 3. The second kappa shape index (κ2) is 4.49. The fourth-order valence-corrected chi connectivity index (χ4v) is 2.04. The molecule has 0 saturated heterocycles. The number of hydrogen-bond acceptors (Lipinski definition) is 3. The number of halogens is 1. The molecule has 2 aromatic heterocycles. The summed E-state index contributed by atoms with van der Waals surface area (Å²) in [6, 6.07) is 1.52. The van der Waals surface area contributed by atoms with Crippen molar-refractivity contribution >= 4 is 17.3 Å². The highest BCUT2D eigenvalue weighted by molar-refractivity contribution is 6.31. The summed E-state index contributed by atoms with van der Waals surface area (Å²) in [4.78, 5) is 11.9. The zero-order valence-electron chi connectivity index (χ0n) is 10.6. The molecule has 18 heavy (non-hydrogen) atoms. The average Bonchev–Trinajstić information content (AvgIpc) is 2.52. The van der Waals surface area contributed by atoms with Crippen molar-refractivity contribution in [1.82, 2.24) is 14.3 Å². The Morgan fingerprint density at radius 3 is 2.67 bits per heavy atom. The number of aryl methyl sites for hydroxylation is 3. The molecule has 0 aliphatic rings. The smallest absolute Gasteiger partial charge is 0.251 e. The van der Waals surface area contributed by atoms with Crippen molar-refractivity contribution in [2.45, 2.75) is 20.4 Å². The van der Waals surface area contributed by atoms with E-state index in [-0.39, 0.29) is 5.56 Å². The van der Waals surface area contributed by atoms with Gasteiger partial charge < -0.3 is 10.3 Å². The van der Waals surface area contributed by atoms with E-state index < -0.39 is 0 Å². The summed E-state index contributed by atoms with van der Waals surface area (Å²) in [5, 5.41) is 4.80. The largest absolute Gasteiger partial charge is 0.397 e. The van der Waals surface area contributed by atoms with Crippen molar-refractivity contribution in [2.75, 3.05) is 5.73 Å². The molecule has 0 fully saturated rings. The molecule has 0 aliphatic heterocycles. The first-order chi connectivity index (χ1) is 8.40. The van der Waals surface area contributed by atoms with E-state index in [0.717, 1.165) is 17.0 Å². The van der Waals surface area contributed by atoms with E-state index in [1.54, 1.807) is 17.9 Å². The van der Waals surface area contributed by atoms with E-state index in [1.807, 2.05) is 13.8 Å². The van der Waals surface area contributed by atoms with Crippen LogP contribution in [0, 0.1) is 13.8 Å². The van der Waals surface area contributed by atoms with Crippen LogP contribution in [0.25, 0.3) is 0 Å². The Labute approximate surface area is 110 Å². The van der Waals surface area contributed by atoms with Gasteiger partial charge in [0.25, 0.3) is 5.56 Å². The van der Waals surface area contributed by atoms with Gasteiger partial charge in [-0.05, 0) is 19.4 Å². The van der Waals surface area contributed by atoms with Crippen LogP contribution in [0.3, 0.4) is 0 Å². The Morgan fingerprint density at radius 1 is 1.44 bits per heavy atom. The fourth-order valence-electron chi connectivity index (χ4n) is 1.82. The topological polar surface area (TPSA) is 65.8 Å². The number of aromatic nitrogens is 3. The van der Waals surface area contributed by atoms with Crippen LogP contribution in [0.15, 0.2) is 17.1 Å². The van der Waals surface area contributed by atoms with Crippen LogP contribution in [-0.4, -0.2) is 14.3 Å². The Balaban J connectivity index is 2.46. The highest BCUT2D eigenvalue weighted by Crippen LogP contribution is 2.20. The van der Waals surface area contributed by atoms with Crippen molar-refractivity contribution in [2.24, 2.45) is 7.05 Å². The molecule has 6 heteroatoms. The van der Waals surface area contributed by atoms with Gasteiger partial charge in [-0.2, -0.15) is 5.10 Å². The first kappa shape index (κ1) is 12.7. The minimum Gasteiger partial charge on any atom is -0.397 e. The molecule has 2 N–H and O–H groups in total. The third-order valence-corrected chi connectivity index (χ3v) is 3.45. The lowest BCUT2D eigenvalue weighted by molar-refractivity contribution is 0.651. The quantitative estimate of drug-likeness (QED) is 0.895. The maximum absolute atomic E-state index is 11.9. The van der Waals surface area contributed by atoms with Gasteiger partial charge in [-0.15, -0.1) is 0 Å². The zero-order valence-corrected chi connectivity index (χ0v) is 11.3. The molecule has 0 radical (unpaired) electrons. The van der Waals surface area contributed by atoms with Gasteiger partial charge in [0.05, 0.1) is 28.6 Å². The van der Waals surface area contributed by atoms with E-state index >= 15 is 0 Å². The number of nitrogens with two attached hydrogens (primary N) is 1. The molecule has 0 atom stereocenters. The number of hydrogen-bond donors (Lipinski definition) is 1. The molecule has 0 saturated carbocycles. The fraction of sp³-hybridized carbons (Fsp3) is 0.333. The maximum atomic E-state index is 11.9. The lowest BCUT2D eigenvalue weighted by Crippen LogP contribution is -2.22. The van der Waals surface area contributed by atoms with Gasteiger partial charge in [-0.1, -0.05) is 11.6 Å². The van der Waals surface area contributed by atoms with Crippen molar-refractivity contribution in [3.05, 3.63) is 44.6 Å². The van der Waals surface area contributed by atoms with Gasteiger partial charge in [-0.3, -0.25) is 9.48 Å². The first-order valence-electron chi connectivity index (χ1n) is 5.54. The van der Waals surface area contributed by atoms with Crippen molar-refractivity contribution < 1.29 is 0 Å². The minimum absolute atomic E-state index is 0.100. The van der Waals surface area contributed by atoms with Crippen LogP contribution in [0.4, 0.5) is 5.69 Å². The summed E-state index contributed by atoms with van der Waals surface area (Å²) >= 11 is 6.16. The third kappa shape index (κ3) is 2.13. The van der Waals surface area contributed by atoms with Gasteiger partial charge in [0.1, 0.15) is 0 Å². The molecule has 0 aromatic carbocycles. The predicted molar refractivity (Wildman–Crippen MR) is 71.9 cm³/mol. The summed E-state index contributed by atoms with van der Waals surface area (Å²) in [5.41, 5.74) is 8.62. The van der Waals surface area contributed by atoms with Gasteiger partial charge in [0.15, 0.2) is 0 Å². The van der Waals surface area contributed by atoms with Gasteiger partial charge in [-0.25, -0.2) is 0 Å². The monoisotopic (exact) mass is 266 g/mol. The van der Waals surface area contributed by atoms with Crippen molar-refractivity contribution in [3.63, 3.8) is 0 Å². The predicted octanol–water partition coefficient (Wildman–Crippen LogP) is 1.48. The molecule has 0 amide bonds. The van der Waals surface area contributed by atoms with E-state index in [9.17, 15) is 4.79 Å². The Hall–Kier alpha value is -1.75. The number of rotatable bonds is 2. The number of nitrogen functional groups attached to an aromatic ring is 1. The van der Waals surface area contributed by atoms with E-state index in [0.29, 0.717) is 17.3 Å². The highest BCUT2D eigenvalue weighted by Gasteiger charge is 2.12. The summed E-state index contributed by atoms with van der Waals surface area (Å²) in [6.07, 6.45) is 1.64. The SMILES string of the molecule is Cc1cc(=O)n(Cc2c(Cl)c(C)nn2C)cc1N. The highest BCUT2D eigenvalue weighted by atomic mass is 35.5. The lowest BCUT2D eigenvalue weighted by Gasteiger charge is -2.09. The zero-order chi connectivity index (χ0) is 13.4. The van der Waals surface area contributed by atoms with Crippen LogP contribution in [0.2, 0.25) is 5.02 Å². The van der Waals surface area contributed by atoms with Gasteiger partial charge in [0.2, 0.25) is 0 Å². The van der Waals surface area contributed by atoms with Crippen LogP contribution < -0.4 is 11.3 Å². The Kier molecular flexibility index (Phi) is 3.17. The number of anilines is 1. The Morgan fingerprint density at radius 2 is 2.11 bits per heavy atom. The standard InChI is InChI=1S/C12H15ClN4O/c1-7-4-11(18)17(5-9(7)14)6-10-12(13)8(2)15-16(10)3/h4-5H,6,14H2,1-3H3. The van der Waals surface area contributed by atoms with Crippen LogP contribution in [0.1, 0.15) is 17.0 Å². The van der Waals surface area contributed by atoms with E-state index in [4.69, 9.17) is 17.3 Å². The molecule has 0 bridgehead atoms. The van der Waals surface area contributed by atoms with Crippen LogP contribution >= 0.6 is 11.6 Å². The summed E-state index contributed by atoms with van der Waals surface area (Å²) < 4.78 is 3.21. The third-order valence-electron chi connectivity index (χ3n) is 2.96. The van der Waals surface area contributed by atoms with Crippen molar-refractivity contribution in [3.8, 4) is 0 Å². The van der Waals surface area contributed by atoms with Crippen LogP contribution in [-0.2, 0) is 13.6 Å². The van der Waals surface area contributed by atoms with Crippen molar-refractivity contribution in [1.29, 1.82) is 0 Å². The Bertz CT molecular complexity index is 657. The lowest BCUT2D eigenvalue weighted by atomic mass is 10.2.